The van der Waals surface area contributed by atoms with Gasteiger partial charge in [0.15, 0.2) is 0 Å². The van der Waals surface area contributed by atoms with Gasteiger partial charge in [-0.25, -0.2) is 0 Å². The fraction of sp³-hybridized carbons (Fsp3) is 0.833. The fourth-order valence-electron chi connectivity index (χ4n) is 2.87. The molecule has 0 spiro atoms. The van der Waals surface area contributed by atoms with E-state index in [2.05, 4.69) is 28.5 Å². The molecule has 0 aromatic rings. The molecule has 0 aromatic carbocycles. The van der Waals surface area contributed by atoms with Gasteiger partial charge >= 0.3 is 0 Å². The Bertz CT molecular complexity index is 190. The molecule has 0 bridgehead atoms. The van der Waals surface area contributed by atoms with Crippen molar-refractivity contribution in [2.24, 2.45) is 0 Å². The van der Waals surface area contributed by atoms with Gasteiger partial charge in [-0.2, -0.15) is 0 Å². The predicted octanol–water partition coefficient (Wildman–Crippen LogP) is 1.16. The molecular weight excluding hydrogens is 200 g/mol. The smallest absolute Gasteiger partial charge is 0.0826 e. The molecule has 2 fully saturated rings. The van der Waals surface area contributed by atoms with Crippen LogP contribution in [0.25, 0.3) is 0 Å². The van der Waals surface area contributed by atoms with Gasteiger partial charge in [0.1, 0.15) is 0 Å². The number of likely N-dealkylation sites (tertiary alicyclic amines) is 2. The monoisotopic (exact) mass is 224 g/mol. The molecule has 0 aromatic heterocycles. The second-order valence-corrected chi connectivity index (χ2v) is 6.44. The predicted molar refractivity (Wildman–Crippen MR) is 68.8 cm³/mol. The summed E-state index contributed by atoms with van der Waals surface area (Å²) >= 11 is 0. The van der Waals surface area contributed by atoms with E-state index in [-0.39, 0.29) is 9.52 Å². The molecule has 2 nitrogen and oxygen atoms in total. The average molecular weight is 224 g/mol. The Morgan fingerprint density at radius 3 is 1.80 bits per heavy atom. The highest BCUT2D eigenvalue weighted by molar-refractivity contribution is 6.43. The van der Waals surface area contributed by atoms with Gasteiger partial charge in [0.25, 0.3) is 0 Å². The number of hydrogen-bond donors (Lipinski definition) is 0. The van der Waals surface area contributed by atoms with Crippen molar-refractivity contribution in [1.29, 1.82) is 0 Å². The van der Waals surface area contributed by atoms with Crippen LogP contribution in [0.4, 0.5) is 0 Å². The first-order chi connectivity index (χ1) is 7.42. The largest absolute Gasteiger partial charge is 0.291 e. The lowest BCUT2D eigenvalue weighted by atomic mass is 10.4. The molecular formula is C12H24N2Si. The summed E-state index contributed by atoms with van der Waals surface area (Å²) < 4.78 is 0. The molecule has 2 aliphatic rings. The minimum absolute atomic E-state index is 0.0623. The summed E-state index contributed by atoms with van der Waals surface area (Å²) in [4.78, 5) is 5.50. The van der Waals surface area contributed by atoms with E-state index in [1.807, 2.05) is 0 Å². The van der Waals surface area contributed by atoms with Gasteiger partial charge in [0, 0.05) is 5.79 Å². The van der Waals surface area contributed by atoms with Crippen molar-refractivity contribution in [2.45, 2.75) is 38.4 Å². The van der Waals surface area contributed by atoms with Crippen LogP contribution >= 0.6 is 0 Å². The Balaban J connectivity index is 1.93. The van der Waals surface area contributed by atoms with Crippen molar-refractivity contribution in [2.75, 3.05) is 26.2 Å². The zero-order chi connectivity index (χ0) is 10.5. The lowest BCUT2D eigenvalue weighted by molar-refractivity contribution is 0.143. The van der Waals surface area contributed by atoms with Crippen molar-refractivity contribution >= 4 is 9.52 Å². The fourth-order valence-corrected chi connectivity index (χ4v) is 4.71. The number of rotatable bonds is 4. The van der Waals surface area contributed by atoms with Gasteiger partial charge in [-0.15, -0.1) is 5.70 Å². The first-order valence-electron chi connectivity index (χ1n) is 6.51. The number of allylic oxidation sites excluding steroid dienone is 1. The van der Waals surface area contributed by atoms with Crippen LogP contribution in [0.5, 0.6) is 0 Å². The standard InChI is InChI=1S/C12H24N2Si/c1-2-11-15-12(13-7-3-4-8-13)14-9-5-6-10-14/h2,11-12H,3-10,15H2,1H3. The van der Waals surface area contributed by atoms with Gasteiger partial charge in [-0.3, -0.25) is 9.80 Å². The van der Waals surface area contributed by atoms with Crippen LogP contribution in [0.15, 0.2) is 11.8 Å². The number of hydrogen-bond acceptors (Lipinski definition) is 2. The summed E-state index contributed by atoms with van der Waals surface area (Å²) in [6, 6.07) is 0. The van der Waals surface area contributed by atoms with Gasteiger partial charge in [0.05, 0.1) is 9.52 Å². The molecule has 0 aliphatic carbocycles. The molecule has 0 unspecified atom stereocenters. The van der Waals surface area contributed by atoms with Crippen LogP contribution in [0.1, 0.15) is 32.6 Å². The average Bonchev–Trinajstić information content (AvgIpc) is 2.90. The Hall–Kier alpha value is -0.123. The number of nitrogens with zero attached hydrogens (tertiary/aromatic N) is 2. The van der Waals surface area contributed by atoms with Crippen LogP contribution in [0.2, 0.25) is 0 Å². The maximum atomic E-state index is 2.75. The Morgan fingerprint density at radius 1 is 0.933 bits per heavy atom. The lowest BCUT2D eigenvalue weighted by Gasteiger charge is -2.34. The third-order valence-electron chi connectivity index (χ3n) is 3.71. The van der Waals surface area contributed by atoms with Crippen molar-refractivity contribution < 1.29 is 0 Å². The van der Waals surface area contributed by atoms with Crippen LogP contribution in [-0.2, 0) is 0 Å². The quantitative estimate of drug-likeness (QED) is 0.661. The summed E-state index contributed by atoms with van der Waals surface area (Å²) in [7, 11) is -0.0623. The van der Waals surface area contributed by atoms with E-state index in [0.717, 1.165) is 5.79 Å². The van der Waals surface area contributed by atoms with Gasteiger partial charge in [-0.1, -0.05) is 6.08 Å². The molecule has 2 heterocycles. The molecule has 2 aliphatic heterocycles. The minimum Gasteiger partial charge on any atom is -0.291 e. The first kappa shape index (κ1) is 11.4. The summed E-state index contributed by atoms with van der Waals surface area (Å²) in [5.41, 5.74) is 2.47. The minimum atomic E-state index is -0.0623. The third-order valence-corrected chi connectivity index (χ3v) is 5.90. The zero-order valence-corrected chi connectivity index (χ0v) is 11.4. The molecule has 15 heavy (non-hydrogen) atoms. The highest BCUT2D eigenvalue weighted by Gasteiger charge is 2.28. The molecule has 0 atom stereocenters. The van der Waals surface area contributed by atoms with Crippen molar-refractivity contribution in [3.05, 3.63) is 11.8 Å². The third kappa shape index (κ3) is 2.92. The second kappa shape index (κ2) is 5.82. The molecule has 86 valence electrons. The highest BCUT2D eigenvalue weighted by atomic mass is 28.2. The van der Waals surface area contributed by atoms with Crippen LogP contribution < -0.4 is 0 Å². The van der Waals surface area contributed by atoms with E-state index in [0.29, 0.717) is 0 Å². The normalized spacial score (nSPS) is 25.7. The van der Waals surface area contributed by atoms with E-state index in [1.54, 1.807) is 0 Å². The van der Waals surface area contributed by atoms with E-state index >= 15 is 0 Å². The van der Waals surface area contributed by atoms with Crippen molar-refractivity contribution in [1.82, 2.24) is 9.80 Å². The summed E-state index contributed by atoms with van der Waals surface area (Å²) in [5, 5.41) is 0. The topological polar surface area (TPSA) is 6.48 Å². The highest BCUT2D eigenvalue weighted by Crippen LogP contribution is 2.18. The Kier molecular flexibility index (Phi) is 4.41. The maximum absolute atomic E-state index is 2.75. The van der Waals surface area contributed by atoms with E-state index < -0.39 is 0 Å². The zero-order valence-electron chi connectivity index (χ0n) is 9.99. The molecule has 0 saturated carbocycles. The molecule has 2 rings (SSSR count). The molecule has 0 N–H and O–H groups in total. The molecule has 2 saturated heterocycles. The van der Waals surface area contributed by atoms with E-state index in [4.69, 9.17) is 0 Å². The Morgan fingerprint density at radius 2 is 1.40 bits per heavy atom. The van der Waals surface area contributed by atoms with Crippen LogP contribution in [0, 0.1) is 0 Å². The summed E-state index contributed by atoms with van der Waals surface area (Å²) in [6.07, 6.45) is 7.96. The molecule has 3 heteroatoms. The van der Waals surface area contributed by atoms with Crippen molar-refractivity contribution in [3.8, 4) is 0 Å². The SMILES string of the molecule is CC=C[SiH2]C(N1CCCC1)N1CCCC1. The van der Waals surface area contributed by atoms with Crippen LogP contribution in [0.3, 0.4) is 0 Å². The first-order valence-corrected chi connectivity index (χ1v) is 8.14. The van der Waals surface area contributed by atoms with Crippen molar-refractivity contribution in [3.63, 3.8) is 0 Å². The lowest BCUT2D eigenvalue weighted by Crippen LogP contribution is -2.49. The molecule has 0 radical (unpaired) electrons. The summed E-state index contributed by atoms with van der Waals surface area (Å²) in [6.45, 7) is 7.58. The maximum Gasteiger partial charge on any atom is 0.0826 e. The van der Waals surface area contributed by atoms with Crippen LogP contribution in [-0.4, -0.2) is 51.3 Å². The van der Waals surface area contributed by atoms with Gasteiger partial charge in [-0.05, 0) is 58.8 Å². The second-order valence-electron chi connectivity index (χ2n) is 4.77. The molecule has 0 amide bonds. The Labute approximate surface area is 96.1 Å². The van der Waals surface area contributed by atoms with E-state index in [1.165, 1.54) is 51.9 Å². The van der Waals surface area contributed by atoms with Gasteiger partial charge < -0.3 is 0 Å². The van der Waals surface area contributed by atoms with Gasteiger partial charge in [0.2, 0.25) is 0 Å². The summed E-state index contributed by atoms with van der Waals surface area (Å²) in [5.74, 6) is 0.839. The van der Waals surface area contributed by atoms with E-state index in [9.17, 15) is 0 Å².